The summed E-state index contributed by atoms with van der Waals surface area (Å²) in [5.74, 6) is 0.0766. The van der Waals surface area contributed by atoms with Crippen molar-refractivity contribution in [3.63, 3.8) is 0 Å². The van der Waals surface area contributed by atoms with Crippen molar-refractivity contribution in [2.45, 2.75) is 13.5 Å². The number of ether oxygens (including phenoxy) is 2. The van der Waals surface area contributed by atoms with Crippen molar-refractivity contribution in [2.24, 2.45) is 0 Å². The van der Waals surface area contributed by atoms with Crippen LogP contribution in [0.1, 0.15) is 18.1 Å². The Hall–Kier alpha value is -2.29. The quantitative estimate of drug-likeness (QED) is 0.183. The number of hydrogen-bond donors (Lipinski definition) is 1. The minimum absolute atomic E-state index is 0.214. The third-order valence-corrected chi connectivity index (χ3v) is 8.01. The van der Waals surface area contributed by atoms with Gasteiger partial charge in [0.1, 0.15) is 13.2 Å². The molecule has 11 heteroatoms. The van der Waals surface area contributed by atoms with Crippen LogP contribution in [0.25, 0.3) is 6.08 Å². The van der Waals surface area contributed by atoms with Gasteiger partial charge in [0.05, 0.1) is 25.8 Å². The molecule has 0 unspecified atom stereocenters. The van der Waals surface area contributed by atoms with E-state index in [-0.39, 0.29) is 4.91 Å². The van der Waals surface area contributed by atoms with Crippen LogP contribution in [-0.4, -0.2) is 35.1 Å². The Morgan fingerprint density at radius 3 is 2.53 bits per heavy atom. The minimum atomic E-state index is -0.540. The van der Waals surface area contributed by atoms with Gasteiger partial charge >= 0.3 is 0 Å². The number of imide groups is 1. The lowest BCUT2D eigenvalue weighted by Crippen LogP contribution is -2.36. The van der Waals surface area contributed by atoms with Crippen LogP contribution in [-0.2, 0) is 16.2 Å². The Labute approximate surface area is 256 Å². The lowest BCUT2D eigenvalue weighted by molar-refractivity contribution is -0.127. The summed E-state index contributed by atoms with van der Waals surface area (Å²) in [4.78, 5) is 39.1. The van der Waals surface area contributed by atoms with E-state index in [1.54, 1.807) is 36.4 Å². The first-order chi connectivity index (χ1) is 18.2. The van der Waals surface area contributed by atoms with E-state index in [4.69, 9.17) is 21.1 Å². The monoisotopic (exact) mass is 774 g/mol. The molecule has 0 bridgehead atoms. The summed E-state index contributed by atoms with van der Waals surface area (Å²) >= 11 is 11.3. The second-order valence-corrected chi connectivity index (χ2v) is 11.8. The molecule has 0 saturated carbocycles. The number of amides is 3. The maximum Gasteiger partial charge on any atom is 0.294 e. The van der Waals surface area contributed by atoms with Crippen molar-refractivity contribution < 1.29 is 23.9 Å². The third kappa shape index (κ3) is 7.21. The van der Waals surface area contributed by atoms with Gasteiger partial charge in [-0.25, -0.2) is 0 Å². The Morgan fingerprint density at radius 2 is 1.82 bits per heavy atom. The zero-order valence-electron chi connectivity index (χ0n) is 20.0. The lowest BCUT2D eigenvalue weighted by atomic mass is 10.1. The number of nitrogens with zero attached hydrogens (tertiary/aromatic N) is 1. The maximum atomic E-state index is 13.0. The van der Waals surface area contributed by atoms with Crippen LogP contribution in [0.15, 0.2) is 65.6 Å². The second-order valence-electron chi connectivity index (χ2n) is 7.97. The predicted octanol–water partition coefficient (Wildman–Crippen LogP) is 7.20. The summed E-state index contributed by atoms with van der Waals surface area (Å²) in [6.45, 7) is 2.26. The van der Waals surface area contributed by atoms with Gasteiger partial charge in [-0.05, 0) is 117 Å². The number of thioether (sulfide) groups is 1. The van der Waals surface area contributed by atoms with Crippen LogP contribution in [0.2, 0.25) is 5.02 Å². The minimum Gasteiger partial charge on any atom is -0.490 e. The Bertz CT molecular complexity index is 1420. The molecule has 3 aromatic rings. The van der Waals surface area contributed by atoms with Crippen molar-refractivity contribution in [1.29, 1.82) is 0 Å². The number of para-hydroxylation sites is 1. The number of nitrogens with one attached hydrogen (secondary N) is 1. The number of anilines is 1. The standard InChI is InChI=1S/C27H21ClI2N2O5S/c1-2-36-22-12-17(11-20(30)25(22)37-15-16-7-9-18(29)10-8-16)13-23-26(34)32(27(35)38-23)14-24(33)31-21-6-4-3-5-19(21)28/h3-13H,2,14-15H2,1H3,(H,31,33)/b23-13+. The molecular formula is C27H21ClI2N2O5S. The molecular weight excluding hydrogens is 754 g/mol. The predicted molar refractivity (Wildman–Crippen MR) is 167 cm³/mol. The van der Waals surface area contributed by atoms with Crippen molar-refractivity contribution in [2.75, 3.05) is 18.5 Å². The zero-order valence-corrected chi connectivity index (χ0v) is 25.9. The highest BCUT2D eigenvalue weighted by Crippen LogP contribution is 2.38. The summed E-state index contributed by atoms with van der Waals surface area (Å²) in [5, 5.41) is 2.47. The van der Waals surface area contributed by atoms with Gasteiger partial charge in [0.15, 0.2) is 11.5 Å². The van der Waals surface area contributed by atoms with E-state index < -0.39 is 23.6 Å². The largest absolute Gasteiger partial charge is 0.490 e. The number of carbonyl (C=O) groups is 3. The molecule has 38 heavy (non-hydrogen) atoms. The number of halogens is 3. The number of hydrogen-bond acceptors (Lipinski definition) is 6. The highest BCUT2D eigenvalue weighted by molar-refractivity contribution is 14.1. The first-order valence-corrected chi connectivity index (χ1v) is 14.7. The molecule has 1 saturated heterocycles. The van der Waals surface area contributed by atoms with Gasteiger partial charge in [-0.2, -0.15) is 0 Å². The first-order valence-electron chi connectivity index (χ1n) is 11.4. The van der Waals surface area contributed by atoms with Gasteiger partial charge in [0.25, 0.3) is 11.1 Å². The van der Waals surface area contributed by atoms with Crippen LogP contribution < -0.4 is 14.8 Å². The smallest absolute Gasteiger partial charge is 0.294 e. The van der Waals surface area contributed by atoms with Gasteiger partial charge in [-0.15, -0.1) is 0 Å². The van der Waals surface area contributed by atoms with Gasteiger partial charge in [0.2, 0.25) is 5.91 Å². The summed E-state index contributed by atoms with van der Waals surface area (Å²) in [7, 11) is 0. The Morgan fingerprint density at radius 1 is 1.08 bits per heavy atom. The molecule has 1 aliphatic heterocycles. The molecule has 196 valence electrons. The number of rotatable bonds is 9. The van der Waals surface area contributed by atoms with Crippen LogP contribution in [0.3, 0.4) is 0 Å². The SMILES string of the molecule is CCOc1cc(/C=C2/SC(=O)N(CC(=O)Nc3ccccc3Cl)C2=O)cc(I)c1OCc1ccc(I)cc1. The zero-order chi connectivity index (χ0) is 27.2. The number of carbonyl (C=O) groups excluding carboxylic acids is 3. The fraction of sp³-hybridized carbons (Fsp3) is 0.148. The highest BCUT2D eigenvalue weighted by atomic mass is 127. The van der Waals surface area contributed by atoms with E-state index in [1.807, 2.05) is 37.3 Å². The summed E-state index contributed by atoms with van der Waals surface area (Å²) in [6.07, 6.45) is 1.62. The van der Waals surface area contributed by atoms with E-state index in [0.717, 1.165) is 29.4 Å². The van der Waals surface area contributed by atoms with E-state index in [1.165, 1.54) is 0 Å². The summed E-state index contributed by atoms with van der Waals surface area (Å²) < 4.78 is 13.8. The molecule has 1 heterocycles. The van der Waals surface area contributed by atoms with E-state index in [2.05, 4.69) is 50.5 Å². The molecule has 0 spiro atoms. The van der Waals surface area contributed by atoms with Crippen LogP contribution in [0, 0.1) is 7.14 Å². The van der Waals surface area contributed by atoms with Gasteiger partial charge in [-0.1, -0.05) is 35.9 Å². The fourth-order valence-corrected chi connectivity index (χ4v) is 5.66. The van der Waals surface area contributed by atoms with Crippen molar-refractivity contribution in [1.82, 2.24) is 4.90 Å². The van der Waals surface area contributed by atoms with Gasteiger partial charge < -0.3 is 14.8 Å². The molecule has 7 nitrogen and oxygen atoms in total. The molecule has 0 radical (unpaired) electrons. The second kappa shape index (κ2) is 13.2. The first kappa shape index (κ1) is 28.7. The topological polar surface area (TPSA) is 84.9 Å². The Kier molecular flexibility index (Phi) is 9.96. The van der Waals surface area contributed by atoms with Crippen LogP contribution >= 0.6 is 68.5 Å². The molecule has 4 rings (SSSR count). The Balaban J connectivity index is 1.49. The van der Waals surface area contributed by atoms with Crippen molar-refractivity contribution >= 4 is 97.4 Å². The molecule has 3 amide bonds. The normalized spacial score (nSPS) is 14.2. The molecule has 1 aliphatic rings. The molecule has 3 aromatic carbocycles. The molecule has 1 fully saturated rings. The third-order valence-electron chi connectivity index (χ3n) is 5.25. The van der Waals surface area contributed by atoms with Crippen molar-refractivity contribution in [3.05, 3.63) is 88.9 Å². The van der Waals surface area contributed by atoms with Crippen LogP contribution in [0.5, 0.6) is 11.5 Å². The van der Waals surface area contributed by atoms with E-state index >= 15 is 0 Å². The maximum absolute atomic E-state index is 13.0. The van der Waals surface area contributed by atoms with E-state index in [0.29, 0.717) is 41.0 Å². The van der Waals surface area contributed by atoms with E-state index in [9.17, 15) is 14.4 Å². The summed E-state index contributed by atoms with van der Waals surface area (Å²) in [6, 6.07) is 18.4. The van der Waals surface area contributed by atoms with Gasteiger partial charge in [0, 0.05) is 3.57 Å². The summed E-state index contributed by atoms with van der Waals surface area (Å²) in [5.41, 5.74) is 2.11. The average molecular weight is 775 g/mol. The fourth-order valence-electron chi connectivity index (χ4n) is 3.49. The molecule has 0 aromatic heterocycles. The average Bonchev–Trinajstić information content (AvgIpc) is 3.13. The lowest BCUT2D eigenvalue weighted by Gasteiger charge is -2.15. The molecule has 1 N–H and O–H groups in total. The number of benzene rings is 3. The van der Waals surface area contributed by atoms with Crippen molar-refractivity contribution in [3.8, 4) is 11.5 Å². The molecule has 0 aliphatic carbocycles. The highest BCUT2D eigenvalue weighted by Gasteiger charge is 2.36. The molecule has 0 atom stereocenters. The van der Waals surface area contributed by atoms with Gasteiger partial charge in [-0.3, -0.25) is 19.3 Å². The van der Waals surface area contributed by atoms with Crippen LogP contribution in [0.4, 0.5) is 10.5 Å².